The van der Waals surface area contributed by atoms with E-state index in [1.54, 1.807) is 0 Å². The van der Waals surface area contributed by atoms with E-state index in [1.165, 1.54) is 0 Å². The molecule has 13 heavy (non-hydrogen) atoms. The fourth-order valence-corrected chi connectivity index (χ4v) is 1.36. The summed E-state index contributed by atoms with van der Waals surface area (Å²) in [7, 11) is 1.93. The zero-order chi connectivity index (χ0) is 9.26. The van der Waals surface area contributed by atoms with Crippen LogP contribution in [0.2, 0.25) is 0 Å². The number of ether oxygens (including phenoxy) is 2. The van der Waals surface area contributed by atoms with Crippen molar-refractivity contribution in [3.8, 4) is 0 Å². The van der Waals surface area contributed by atoms with Crippen molar-refractivity contribution in [2.24, 2.45) is 0 Å². The molecular formula is C9H15NO3. The summed E-state index contributed by atoms with van der Waals surface area (Å²) in [5, 5.41) is 0. The standard InChI is InChI=1S/C9H15NO3/c1-10-4-5-12-6-8(10)9(11)13-7-2-3-7/h7-8H,2-6H2,1H3. The predicted molar refractivity (Wildman–Crippen MR) is 46.4 cm³/mol. The molecule has 1 saturated carbocycles. The van der Waals surface area contributed by atoms with Gasteiger partial charge in [0.15, 0.2) is 0 Å². The van der Waals surface area contributed by atoms with Crippen LogP contribution in [0, 0.1) is 0 Å². The van der Waals surface area contributed by atoms with Gasteiger partial charge >= 0.3 is 5.97 Å². The molecule has 2 rings (SSSR count). The summed E-state index contributed by atoms with van der Waals surface area (Å²) < 4.78 is 10.4. The molecule has 0 aromatic rings. The molecule has 1 aliphatic carbocycles. The zero-order valence-electron chi connectivity index (χ0n) is 7.86. The van der Waals surface area contributed by atoms with Gasteiger partial charge in [-0.25, -0.2) is 0 Å². The third-order valence-corrected chi connectivity index (χ3v) is 2.48. The van der Waals surface area contributed by atoms with Crippen molar-refractivity contribution in [2.75, 3.05) is 26.8 Å². The van der Waals surface area contributed by atoms with Crippen molar-refractivity contribution in [3.63, 3.8) is 0 Å². The van der Waals surface area contributed by atoms with Crippen LogP contribution in [-0.4, -0.2) is 49.8 Å². The summed E-state index contributed by atoms with van der Waals surface area (Å²) in [6.45, 7) is 2.00. The molecule has 74 valence electrons. The first kappa shape index (κ1) is 8.97. The predicted octanol–water partition coefficient (Wildman–Crippen LogP) is 0.0226. The number of likely N-dealkylation sites (N-methyl/N-ethyl adjacent to an activating group) is 1. The Morgan fingerprint density at radius 3 is 2.92 bits per heavy atom. The van der Waals surface area contributed by atoms with Gasteiger partial charge in [0.2, 0.25) is 0 Å². The highest BCUT2D eigenvalue weighted by Crippen LogP contribution is 2.24. The van der Waals surface area contributed by atoms with Gasteiger partial charge < -0.3 is 9.47 Å². The van der Waals surface area contributed by atoms with Crippen molar-refractivity contribution in [3.05, 3.63) is 0 Å². The highest BCUT2D eigenvalue weighted by molar-refractivity contribution is 5.76. The van der Waals surface area contributed by atoms with Crippen LogP contribution < -0.4 is 0 Å². The van der Waals surface area contributed by atoms with Crippen LogP contribution in [0.4, 0.5) is 0 Å². The molecule has 0 amide bonds. The van der Waals surface area contributed by atoms with Crippen molar-refractivity contribution in [1.29, 1.82) is 0 Å². The Hall–Kier alpha value is -0.610. The van der Waals surface area contributed by atoms with E-state index in [4.69, 9.17) is 9.47 Å². The third-order valence-electron chi connectivity index (χ3n) is 2.48. The first-order chi connectivity index (χ1) is 6.27. The third kappa shape index (κ3) is 2.19. The van der Waals surface area contributed by atoms with Gasteiger partial charge in [0.1, 0.15) is 12.1 Å². The lowest BCUT2D eigenvalue weighted by molar-refractivity contribution is -0.156. The molecule has 4 nitrogen and oxygen atoms in total. The van der Waals surface area contributed by atoms with Gasteiger partial charge in [-0.05, 0) is 19.9 Å². The second kappa shape index (κ2) is 3.64. The van der Waals surface area contributed by atoms with Crippen LogP contribution in [0.3, 0.4) is 0 Å². The minimum Gasteiger partial charge on any atom is -0.461 e. The molecule has 0 N–H and O–H groups in total. The van der Waals surface area contributed by atoms with Gasteiger partial charge in [-0.1, -0.05) is 0 Å². The molecule has 1 unspecified atom stereocenters. The highest BCUT2D eigenvalue weighted by atomic mass is 16.6. The molecular weight excluding hydrogens is 170 g/mol. The number of morpholine rings is 1. The number of hydrogen-bond donors (Lipinski definition) is 0. The molecule has 0 aromatic heterocycles. The van der Waals surface area contributed by atoms with Gasteiger partial charge in [0.25, 0.3) is 0 Å². The van der Waals surface area contributed by atoms with E-state index in [-0.39, 0.29) is 18.1 Å². The first-order valence-electron chi connectivity index (χ1n) is 4.76. The fraction of sp³-hybridized carbons (Fsp3) is 0.889. The normalized spacial score (nSPS) is 30.1. The van der Waals surface area contributed by atoms with E-state index in [2.05, 4.69) is 0 Å². The number of esters is 1. The van der Waals surface area contributed by atoms with Crippen LogP contribution in [0.15, 0.2) is 0 Å². The van der Waals surface area contributed by atoms with Gasteiger partial charge in [-0.15, -0.1) is 0 Å². The summed E-state index contributed by atoms with van der Waals surface area (Å²) in [5.41, 5.74) is 0. The Balaban J connectivity index is 1.85. The Labute approximate surface area is 77.8 Å². The van der Waals surface area contributed by atoms with Crippen molar-refractivity contribution >= 4 is 5.97 Å². The zero-order valence-corrected chi connectivity index (χ0v) is 7.86. The maximum atomic E-state index is 11.5. The van der Waals surface area contributed by atoms with E-state index in [1.807, 2.05) is 11.9 Å². The molecule has 1 aliphatic heterocycles. The van der Waals surface area contributed by atoms with E-state index in [9.17, 15) is 4.79 Å². The fourth-order valence-electron chi connectivity index (χ4n) is 1.36. The monoisotopic (exact) mass is 185 g/mol. The van der Waals surface area contributed by atoms with Gasteiger partial charge in [0, 0.05) is 6.54 Å². The lowest BCUT2D eigenvalue weighted by Crippen LogP contribution is -2.48. The molecule has 0 bridgehead atoms. The van der Waals surface area contributed by atoms with Gasteiger partial charge in [0.05, 0.1) is 13.2 Å². The Bertz CT molecular complexity index is 203. The maximum Gasteiger partial charge on any atom is 0.326 e. The Morgan fingerprint density at radius 2 is 2.31 bits per heavy atom. The molecule has 2 aliphatic rings. The van der Waals surface area contributed by atoms with Crippen LogP contribution >= 0.6 is 0 Å². The number of nitrogens with zero attached hydrogens (tertiary/aromatic N) is 1. The molecule has 4 heteroatoms. The summed E-state index contributed by atoms with van der Waals surface area (Å²) in [6, 6.07) is -0.186. The average Bonchev–Trinajstić information content (AvgIpc) is 2.89. The quantitative estimate of drug-likeness (QED) is 0.569. The molecule has 0 aromatic carbocycles. The average molecular weight is 185 g/mol. The lowest BCUT2D eigenvalue weighted by atomic mass is 10.2. The Morgan fingerprint density at radius 1 is 1.54 bits per heavy atom. The second-order valence-electron chi connectivity index (χ2n) is 3.71. The van der Waals surface area contributed by atoms with Crippen LogP contribution in [0.5, 0.6) is 0 Å². The first-order valence-corrected chi connectivity index (χ1v) is 4.76. The topological polar surface area (TPSA) is 38.8 Å². The summed E-state index contributed by atoms with van der Waals surface area (Å²) in [4.78, 5) is 13.5. The highest BCUT2D eigenvalue weighted by Gasteiger charge is 2.33. The van der Waals surface area contributed by atoms with E-state index in [0.717, 1.165) is 19.4 Å². The van der Waals surface area contributed by atoms with Crippen LogP contribution in [-0.2, 0) is 14.3 Å². The largest absolute Gasteiger partial charge is 0.461 e. The van der Waals surface area contributed by atoms with E-state index < -0.39 is 0 Å². The molecule has 0 radical (unpaired) electrons. The van der Waals surface area contributed by atoms with Crippen molar-refractivity contribution < 1.29 is 14.3 Å². The van der Waals surface area contributed by atoms with E-state index >= 15 is 0 Å². The minimum atomic E-state index is -0.186. The molecule has 1 saturated heterocycles. The molecule has 1 atom stereocenters. The summed E-state index contributed by atoms with van der Waals surface area (Å²) >= 11 is 0. The smallest absolute Gasteiger partial charge is 0.326 e. The lowest BCUT2D eigenvalue weighted by Gasteiger charge is -2.30. The maximum absolute atomic E-state index is 11.5. The number of carbonyl (C=O) groups is 1. The van der Waals surface area contributed by atoms with E-state index in [0.29, 0.717) is 13.2 Å². The molecule has 0 spiro atoms. The Kier molecular flexibility index (Phi) is 2.51. The number of carbonyl (C=O) groups excluding carboxylic acids is 1. The van der Waals surface area contributed by atoms with Crippen LogP contribution in [0.1, 0.15) is 12.8 Å². The number of rotatable bonds is 2. The van der Waals surface area contributed by atoms with Crippen molar-refractivity contribution in [1.82, 2.24) is 4.90 Å². The summed E-state index contributed by atoms with van der Waals surface area (Å²) in [6.07, 6.45) is 2.26. The molecule has 1 heterocycles. The van der Waals surface area contributed by atoms with Crippen LogP contribution in [0.25, 0.3) is 0 Å². The van der Waals surface area contributed by atoms with Gasteiger partial charge in [-0.3, -0.25) is 9.69 Å². The van der Waals surface area contributed by atoms with Crippen molar-refractivity contribution in [2.45, 2.75) is 25.0 Å². The van der Waals surface area contributed by atoms with Gasteiger partial charge in [-0.2, -0.15) is 0 Å². The number of hydrogen-bond acceptors (Lipinski definition) is 4. The second-order valence-corrected chi connectivity index (χ2v) is 3.71. The minimum absolute atomic E-state index is 0.121. The molecule has 2 fully saturated rings. The SMILES string of the molecule is CN1CCOCC1C(=O)OC1CC1. The summed E-state index contributed by atoms with van der Waals surface area (Å²) in [5.74, 6) is -0.121.